The predicted octanol–water partition coefficient (Wildman–Crippen LogP) is 2.06. The Morgan fingerprint density at radius 1 is 1.47 bits per heavy atom. The van der Waals surface area contributed by atoms with Gasteiger partial charge < -0.3 is 14.6 Å². The molecule has 0 saturated heterocycles. The first kappa shape index (κ1) is 12.5. The number of rotatable bonds is 7. The van der Waals surface area contributed by atoms with Gasteiger partial charge >= 0.3 is 0 Å². The number of hydrogen-bond donors (Lipinski definition) is 1. The lowest BCUT2D eigenvalue weighted by molar-refractivity contribution is 0.0217. The molecule has 1 unspecified atom stereocenters. The maximum Gasteiger partial charge on any atom is 0.240 e. The fourth-order valence-electron chi connectivity index (χ4n) is 1.72. The number of ether oxygens (including phenoxy) is 1. The summed E-state index contributed by atoms with van der Waals surface area (Å²) < 4.78 is 10.9. The molecule has 0 aliphatic heterocycles. The summed E-state index contributed by atoms with van der Waals surface area (Å²) >= 11 is 0. The topological polar surface area (TPSA) is 60.2 Å². The second-order valence-electron chi connectivity index (χ2n) is 4.82. The molecule has 0 spiro atoms. The third kappa shape index (κ3) is 3.51. The Balaban J connectivity index is 1.93. The quantitative estimate of drug-likeness (QED) is 0.789. The van der Waals surface area contributed by atoms with Gasteiger partial charge in [0, 0.05) is 12.6 Å². The average molecular weight is 239 g/mol. The highest BCUT2D eigenvalue weighted by Gasteiger charge is 2.24. The fourth-order valence-corrected chi connectivity index (χ4v) is 1.72. The molecule has 5 nitrogen and oxygen atoms in total. The van der Waals surface area contributed by atoms with Crippen molar-refractivity contribution in [2.45, 2.75) is 52.3 Å². The van der Waals surface area contributed by atoms with E-state index in [1.54, 1.807) is 0 Å². The van der Waals surface area contributed by atoms with Crippen LogP contribution in [-0.2, 0) is 11.3 Å². The lowest BCUT2D eigenvalue weighted by atomic mass is 10.1. The molecule has 1 aliphatic rings. The summed E-state index contributed by atoms with van der Waals surface area (Å²) in [5, 5.41) is 7.35. The van der Waals surface area contributed by atoms with Crippen molar-refractivity contribution in [3.63, 3.8) is 0 Å². The Kier molecular flexibility index (Phi) is 4.12. The monoisotopic (exact) mass is 239 g/mol. The van der Waals surface area contributed by atoms with E-state index in [1.807, 2.05) is 6.92 Å². The lowest BCUT2D eigenvalue weighted by Gasteiger charge is -2.16. The first-order valence-electron chi connectivity index (χ1n) is 6.38. The summed E-state index contributed by atoms with van der Waals surface area (Å²) in [5.41, 5.74) is 0. The van der Waals surface area contributed by atoms with E-state index in [1.165, 1.54) is 12.8 Å². The molecule has 1 aromatic rings. The van der Waals surface area contributed by atoms with E-state index in [4.69, 9.17) is 9.26 Å². The van der Waals surface area contributed by atoms with Gasteiger partial charge in [0.15, 0.2) is 0 Å². The summed E-state index contributed by atoms with van der Waals surface area (Å²) in [5.74, 6) is 1.66. The smallest absolute Gasteiger partial charge is 0.240 e. The van der Waals surface area contributed by atoms with E-state index < -0.39 is 0 Å². The summed E-state index contributed by atoms with van der Waals surface area (Å²) in [7, 11) is 0. The van der Waals surface area contributed by atoms with E-state index in [0.717, 1.165) is 0 Å². The highest BCUT2D eigenvalue weighted by atomic mass is 16.5. The molecule has 2 rings (SSSR count). The lowest BCUT2D eigenvalue weighted by Crippen LogP contribution is -2.16. The Morgan fingerprint density at radius 2 is 2.24 bits per heavy atom. The van der Waals surface area contributed by atoms with Gasteiger partial charge in [-0.25, -0.2) is 0 Å². The van der Waals surface area contributed by atoms with Gasteiger partial charge in [0.2, 0.25) is 11.7 Å². The van der Waals surface area contributed by atoms with Gasteiger partial charge in [-0.3, -0.25) is 0 Å². The SMILES string of the molecule is CCOC(c1noc(CNC2CC2)n1)C(C)C. The van der Waals surface area contributed by atoms with Gasteiger partial charge in [-0.1, -0.05) is 19.0 Å². The van der Waals surface area contributed by atoms with Crippen molar-refractivity contribution in [3.8, 4) is 0 Å². The van der Waals surface area contributed by atoms with Gasteiger partial charge in [0.25, 0.3) is 0 Å². The zero-order chi connectivity index (χ0) is 12.3. The molecule has 96 valence electrons. The standard InChI is InChI=1S/C12H21N3O2/c1-4-16-11(8(2)3)12-14-10(17-15-12)7-13-9-5-6-9/h8-9,11,13H,4-7H2,1-3H3. The van der Waals surface area contributed by atoms with E-state index in [0.29, 0.717) is 36.8 Å². The Morgan fingerprint density at radius 3 is 2.82 bits per heavy atom. The molecular weight excluding hydrogens is 218 g/mol. The van der Waals surface area contributed by atoms with Crippen LogP contribution in [0.15, 0.2) is 4.52 Å². The molecule has 1 N–H and O–H groups in total. The van der Waals surface area contributed by atoms with Crippen molar-refractivity contribution in [3.05, 3.63) is 11.7 Å². The van der Waals surface area contributed by atoms with Crippen LogP contribution >= 0.6 is 0 Å². The van der Waals surface area contributed by atoms with Gasteiger partial charge in [-0.15, -0.1) is 0 Å². The van der Waals surface area contributed by atoms with Gasteiger partial charge in [0.1, 0.15) is 6.10 Å². The normalized spacial score (nSPS) is 17.6. The molecule has 1 saturated carbocycles. The third-order valence-electron chi connectivity index (χ3n) is 2.81. The minimum absolute atomic E-state index is 0.0709. The van der Waals surface area contributed by atoms with Crippen LogP contribution in [-0.4, -0.2) is 22.8 Å². The molecular formula is C12H21N3O2. The second kappa shape index (κ2) is 5.60. The molecule has 1 aliphatic carbocycles. The summed E-state index contributed by atoms with van der Waals surface area (Å²) in [4.78, 5) is 4.38. The Bertz CT molecular complexity index is 347. The van der Waals surface area contributed by atoms with Crippen LogP contribution in [0.5, 0.6) is 0 Å². The fraction of sp³-hybridized carbons (Fsp3) is 0.833. The minimum Gasteiger partial charge on any atom is -0.370 e. The molecule has 0 bridgehead atoms. The number of nitrogens with zero attached hydrogens (tertiary/aromatic N) is 2. The predicted molar refractivity (Wildman–Crippen MR) is 63.4 cm³/mol. The second-order valence-corrected chi connectivity index (χ2v) is 4.82. The van der Waals surface area contributed by atoms with Crippen molar-refractivity contribution in [2.24, 2.45) is 5.92 Å². The summed E-state index contributed by atoms with van der Waals surface area (Å²) in [6, 6.07) is 0.651. The number of hydrogen-bond acceptors (Lipinski definition) is 5. The summed E-state index contributed by atoms with van der Waals surface area (Å²) in [6.07, 6.45) is 2.45. The van der Waals surface area contributed by atoms with Crippen LogP contribution in [0.2, 0.25) is 0 Å². The first-order valence-corrected chi connectivity index (χ1v) is 6.38. The third-order valence-corrected chi connectivity index (χ3v) is 2.81. The van der Waals surface area contributed by atoms with Gasteiger partial charge in [0.05, 0.1) is 6.54 Å². The molecule has 0 radical (unpaired) electrons. The van der Waals surface area contributed by atoms with Crippen molar-refractivity contribution in [1.82, 2.24) is 15.5 Å². The van der Waals surface area contributed by atoms with Crippen LogP contribution in [0.25, 0.3) is 0 Å². The molecule has 17 heavy (non-hydrogen) atoms. The maximum atomic E-state index is 5.64. The van der Waals surface area contributed by atoms with Crippen molar-refractivity contribution >= 4 is 0 Å². The molecule has 0 aromatic carbocycles. The Hall–Kier alpha value is -0.940. The highest BCUT2D eigenvalue weighted by Crippen LogP contribution is 2.23. The number of aromatic nitrogens is 2. The van der Waals surface area contributed by atoms with Crippen LogP contribution in [0.3, 0.4) is 0 Å². The van der Waals surface area contributed by atoms with Crippen LogP contribution in [0, 0.1) is 5.92 Å². The van der Waals surface area contributed by atoms with Crippen molar-refractivity contribution in [1.29, 1.82) is 0 Å². The number of nitrogens with one attached hydrogen (secondary N) is 1. The van der Waals surface area contributed by atoms with E-state index in [2.05, 4.69) is 29.3 Å². The van der Waals surface area contributed by atoms with Crippen molar-refractivity contribution < 1.29 is 9.26 Å². The zero-order valence-electron chi connectivity index (χ0n) is 10.8. The van der Waals surface area contributed by atoms with Crippen LogP contribution < -0.4 is 5.32 Å². The average Bonchev–Trinajstić information content (AvgIpc) is 3.01. The molecule has 1 heterocycles. The van der Waals surface area contributed by atoms with Crippen LogP contribution in [0.4, 0.5) is 0 Å². The largest absolute Gasteiger partial charge is 0.370 e. The first-order chi connectivity index (χ1) is 8.20. The maximum absolute atomic E-state index is 5.64. The van der Waals surface area contributed by atoms with Crippen LogP contribution in [0.1, 0.15) is 51.4 Å². The van der Waals surface area contributed by atoms with Gasteiger partial charge in [-0.05, 0) is 25.7 Å². The molecule has 1 fully saturated rings. The highest BCUT2D eigenvalue weighted by molar-refractivity contribution is 4.93. The minimum atomic E-state index is -0.0709. The molecule has 1 atom stereocenters. The van der Waals surface area contributed by atoms with E-state index in [9.17, 15) is 0 Å². The van der Waals surface area contributed by atoms with Crippen molar-refractivity contribution in [2.75, 3.05) is 6.61 Å². The molecule has 5 heteroatoms. The van der Waals surface area contributed by atoms with Gasteiger partial charge in [-0.2, -0.15) is 4.98 Å². The Labute approximate surface area is 102 Å². The zero-order valence-corrected chi connectivity index (χ0v) is 10.8. The van der Waals surface area contributed by atoms with E-state index in [-0.39, 0.29) is 6.10 Å². The van der Waals surface area contributed by atoms with E-state index >= 15 is 0 Å². The molecule has 1 aromatic heterocycles. The summed E-state index contributed by atoms with van der Waals surface area (Å²) in [6.45, 7) is 7.49. The molecule has 0 amide bonds.